The van der Waals surface area contributed by atoms with Crippen molar-refractivity contribution in [3.63, 3.8) is 0 Å². The van der Waals surface area contributed by atoms with Gasteiger partial charge in [0.15, 0.2) is 0 Å². The number of thiol groups is 1. The summed E-state index contributed by atoms with van der Waals surface area (Å²) in [5.74, 6) is 0.322. The average molecular weight is 382 g/mol. The van der Waals surface area contributed by atoms with Gasteiger partial charge in [-0.3, -0.25) is 4.72 Å². The van der Waals surface area contributed by atoms with Crippen LogP contribution in [0.15, 0.2) is 57.5 Å². The number of hydrogen-bond acceptors (Lipinski definition) is 3. The second kappa shape index (κ2) is 11.0. The number of alkyl halides is 1. The summed E-state index contributed by atoms with van der Waals surface area (Å²) < 4.78 is 26.9. The standard InChI is InChI=1S/C15H21Cl2NO2S2/c1-4-13(17)7-8-14(21)11-18-22(19,20)15(6-5-9-16)10-12(2)3/h4-8,10-12,18,21H,9H2,1-3H3/b6-5-,8-7-,13-4+,14-11-,15-10+. The van der Waals surface area contributed by atoms with Crippen LogP contribution in [-0.2, 0) is 10.0 Å². The summed E-state index contributed by atoms with van der Waals surface area (Å²) in [5, 5.41) is 0.535. The third-order valence-electron chi connectivity index (χ3n) is 2.23. The minimum absolute atomic E-state index is 0.0828. The van der Waals surface area contributed by atoms with Crippen LogP contribution in [0.2, 0.25) is 0 Å². The predicted octanol–water partition coefficient (Wildman–Crippen LogP) is 4.71. The monoisotopic (exact) mass is 381 g/mol. The van der Waals surface area contributed by atoms with Crippen molar-refractivity contribution in [1.82, 2.24) is 4.72 Å². The molecule has 0 heterocycles. The van der Waals surface area contributed by atoms with Crippen molar-refractivity contribution in [3.05, 3.63) is 57.5 Å². The average Bonchev–Trinajstić information content (AvgIpc) is 2.46. The van der Waals surface area contributed by atoms with Gasteiger partial charge in [0.1, 0.15) is 0 Å². The molecule has 0 aromatic heterocycles. The van der Waals surface area contributed by atoms with Gasteiger partial charge in [-0.1, -0.05) is 43.7 Å². The highest BCUT2D eigenvalue weighted by Crippen LogP contribution is 2.13. The molecule has 0 aromatic carbocycles. The molecule has 0 saturated carbocycles. The van der Waals surface area contributed by atoms with E-state index in [1.54, 1.807) is 37.3 Å². The van der Waals surface area contributed by atoms with Crippen molar-refractivity contribution in [3.8, 4) is 0 Å². The van der Waals surface area contributed by atoms with E-state index in [1.165, 1.54) is 12.3 Å². The van der Waals surface area contributed by atoms with Crippen LogP contribution in [0, 0.1) is 5.92 Å². The van der Waals surface area contributed by atoms with Crippen molar-refractivity contribution in [1.29, 1.82) is 0 Å². The van der Waals surface area contributed by atoms with Crippen LogP contribution in [0.3, 0.4) is 0 Å². The Balaban J connectivity index is 5.22. The van der Waals surface area contributed by atoms with Crippen molar-refractivity contribution in [2.45, 2.75) is 20.8 Å². The molecule has 0 amide bonds. The van der Waals surface area contributed by atoms with E-state index in [2.05, 4.69) is 17.4 Å². The highest BCUT2D eigenvalue weighted by Gasteiger charge is 2.13. The van der Waals surface area contributed by atoms with Gasteiger partial charge in [0.05, 0.1) is 4.91 Å². The molecule has 0 aliphatic heterocycles. The fourth-order valence-corrected chi connectivity index (χ4v) is 2.76. The van der Waals surface area contributed by atoms with E-state index in [4.69, 9.17) is 23.2 Å². The molecule has 0 spiro atoms. The molecule has 0 atom stereocenters. The zero-order valence-electron chi connectivity index (χ0n) is 12.8. The van der Waals surface area contributed by atoms with Gasteiger partial charge >= 0.3 is 0 Å². The van der Waals surface area contributed by atoms with E-state index < -0.39 is 10.0 Å². The van der Waals surface area contributed by atoms with Crippen LogP contribution in [0.5, 0.6) is 0 Å². The van der Waals surface area contributed by atoms with Crippen LogP contribution < -0.4 is 4.72 Å². The second-order valence-corrected chi connectivity index (χ2v) is 7.54. The van der Waals surface area contributed by atoms with Gasteiger partial charge in [-0.25, -0.2) is 8.42 Å². The predicted molar refractivity (Wildman–Crippen MR) is 101 cm³/mol. The van der Waals surface area contributed by atoms with Crippen LogP contribution >= 0.6 is 35.8 Å². The lowest BCUT2D eigenvalue weighted by Gasteiger charge is -2.07. The molecule has 0 aliphatic rings. The van der Waals surface area contributed by atoms with E-state index in [-0.39, 0.29) is 16.7 Å². The fraction of sp³-hybridized carbons (Fsp3) is 0.333. The van der Waals surface area contributed by atoms with E-state index in [0.717, 1.165) is 0 Å². The van der Waals surface area contributed by atoms with E-state index >= 15 is 0 Å². The van der Waals surface area contributed by atoms with Gasteiger partial charge in [0.2, 0.25) is 0 Å². The van der Waals surface area contributed by atoms with Crippen LogP contribution in [-0.4, -0.2) is 14.3 Å². The minimum Gasteiger partial charge on any atom is -0.285 e. The molecule has 0 rings (SSSR count). The smallest absolute Gasteiger partial charge is 0.261 e. The highest BCUT2D eigenvalue weighted by molar-refractivity contribution is 7.93. The molecular formula is C15H21Cl2NO2S2. The lowest BCUT2D eigenvalue weighted by Crippen LogP contribution is -2.19. The Kier molecular flexibility index (Phi) is 10.7. The van der Waals surface area contributed by atoms with Crippen molar-refractivity contribution in [2.75, 3.05) is 5.88 Å². The summed E-state index contributed by atoms with van der Waals surface area (Å²) in [5.41, 5.74) is 0. The Bertz CT molecular complexity index is 601. The summed E-state index contributed by atoms with van der Waals surface area (Å²) in [6, 6.07) is 0. The molecule has 0 saturated heterocycles. The third kappa shape index (κ3) is 9.41. The Morgan fingerprint density at radius 3 is 2.41 bits per heavy atom. The number of hydrogen-bond donors (Lipinski definition) is 2. The molecule has 0 radical (unpaired) electrons. The van der Waals surface area contributed by atoms with Gasteiger partial charge < -0.3 is 0 Å². The maximum absolute atomic E-state index is 12.3. The van der Waals surface area contributed by atoms with E-state index in [9.17, 15) is 8.42 Å². The van der Waals surface area contributed by atoms with Gasteiger partial charge in [-0.2, -0.15) is 0 Å². The van der Waals surface area contributed by atoms with Crippen LogP contribution in [0.4, 0.5) is 0 Å². The maximum atomic E-state index is 12.3. The first-order chi connectivity index (χ1) is 10.2. The Labute approximate surface area is 148 Å². The Hall–Kier alpha value is -0.620. The fourth-order valence-electron chi connectivity index (χ4n) is 1.24. The summed E-state index contributed by atoms with van der Waals surface area (Å²) in [6.45, 7) is 5.58. The normalized spacial score (nSPS) is 15.3. The van der Waals surface area contributed by atoms with Crippen LogP contribution in [0.25, 0.3) is 0 Å². The maximum Gasteiger partial charge on any atom is 0.261 e. The SMILES string of the molecule is C\C=C(Cl)/C=C\C(S)=C\NS(=O)(=O)C(/C=C\CCl)=C/C(C)C. The van der Waals surface area contributed by atoms with Crippen molar-refractivity contribution < 1.29 is 8.42 Å². The number of halogens is 2. The molecule has 0 unspecified atom stereocenters. The molecule has 1 N–H and O–H groups in total. The quantitative estimate of drug-likeness (QED) is 0.363. The third-order valence-corrected chi connectivity index (χ3v) is 4.35. The molecule has 7 heteroatoms. The lowest BCUT2D eigenvalue weighted by molar-refractivity contribution is 0.597. The zero-order valence-corrected chi connectivity index (χ0v) is 16.0. The van der Waals surface area contributed by atoms with Gasteiger partial charge in [-0.05, 0) is 31.1 Å². The highest BCUT2D eigenvalue weighted by atomic mass is 35.5. The number of rotatable bonds is 8. The topological polar surface area (TPSA) is 46.2 Å². The molecule has 0 aliphatic carbocycles. The molecule has 0 fully saturated rings. The van der Waals surface area contributed by atoms with Gasteiger partial charge in [-0.15, -0.1) is 24.2 Å². The summed E-state index contributed by atoms with van der Waals surface area (Å²) >= 11 is 15.5. The Morgan fingerprint density at radius 2 is 1.91 bits per heavy atom. The van der Waals surface area contributed by atoms with Gasteiger partial charge in [0, 0.05) is 22.0 Å². The van der Waals surface area contributed by atoms with E-state index in [1.807, 2.05) is 13.8 Å². The summed E-state index contributed by atoms with van der Waals surface area (Å²) in [4.78, 5) is 0.588. The molecule has 124 valence electrons. The first-order valence-corrected chi connectivity index (χ1v) is 9.43. The zero-order chi connectivity index (χ0) is 17.2. The lowest BCUT2D eigenvalue weighted by atomic mass is 10.2. The first-order valence-electron chi connectivity index (χ1n) is 6.58. The first kappa shape index (κ1) is 21.4. The number of sulfonamides is 1. The molecule has 0 bridgehead atoms. The minimum atomic E-state index is -3.67. The van der Waals surface area contributed by atoms with Crippen molar-refractivity contribution in [2.24, 2.45) is 5.92 Å². The molecular weight excluding hydrogens is 361 g/mol. The summed E-state index contributed by atoms with van der Waals surface area (Å²) in [6.07, 6.45) is 10.9. The summed E-state index contributed by atoms with van der Waals surface area (Å²) in [7, 11) is -3.67. The molecule has 3 nitrogen and oxygen atoms in total. The van der Waals surface area contributed by atoms with Crippen molar-refractivity contribution >= 4 is 45.9 Å². The van der Waals surface area contributed by atoms with E-state index in [0.29, 0.717) is 9.94 Å². The number of allylic oxidation sites excluding steroid dienone is 7. The Morgan fingerprint density at radius 1 is 1.27 bits per heavy atom. The number of nitrogens with one attached hydrogen (secondary N) is 1. The van der Waals surface area contributed by atoms with Gasteiger partial charge in [0.25, 0.3) is 10.0 Å². The van der Waals surface area contributed by atoms with Crippen LogP contribution in [0.1, 0.15) is 20.8 Å². The molecule has 22 heavy (non-hydrogen) atoms. The molecule has 0 aromatic rings. The second-order valence-electron chi connectivity index (χ2n) is 4.57. The largest absolute Gasteiger partial charge is 0.285 e.